The maximum atomic E-state index is 5.94. The summed E-state index contributed by atoms with van der Waals surface area (Å²) in [5.41, 5.74) is 0. The lowest BCUT2D eigenvalue weighted by atomic mass is 10.4. The van der Waals surface area contributed by atoms with E-state index in [-0.39, 0.29) is 0 Å². The van der Waals surface area contributed by atoms with Crippen molar-refractivity contribution in [1.29, 1.82) is 0 Å². The minimum atomic E-state index is -2.13. The first-order valence-electron chi connectivity index (χ1n) is 7.10. The van der Waals surface area contributed by atoms with Crippen molar-refractivity contribution in [3.05, 3.63) is 58.6 Å². The van der Waals surface area contributed by atoms with Gasteiger partial charge in [-0.15, -0.1) is 0 Å². The monoisotopic (exact) mass is 370 g/mol. The van der Waals surface area contributed by atoms with Crippen molar-refractivity contribution in [1.82, 2.24) is 0 Å². The normalized spacial score (nSPS) is 12.5. The summed E-state index contributed by atoms with van der Waals surface area (Å²) in [5.74, 6) is 0. The van der Waals surface area contributed by atoms with Crippen molar-refractivity contribution < 1.29 is 9.15 Å². The first-order chi connectivity index (χ1) is 10.2. The highest BCUT2D eigenvalue weighted by Crippen LogP contribution is 2.15. The lowest BCUT2D eigenvalue weighted by molar-refractivity contribution is -0.119. The zero-order chi connectivity index (χ0) is 16.4. The summed E-state index contributed by atoms with van der Waals surface area (Å²) in [5, 5.41) is 3.76. The van der Waals surface area contributed by atoms with Crippen molar-refractivity contribution in [3.63, 3.8) is 0 Å². The van der Waals surface area contributed by atoms with Crippen LogP contribution in [0, 0.1) is 0 Å². The van der Waals surface area contributed by atoms with Gasteiger partial charge in [-0.05, 0) is 60.8 Å². The highest BCUT2D eigenvalue weighted by molar-refractivity contribution is 6.86. The second-order valence-electron chi connectivity index (χ2n) is 6.20. The molecule has 0 unspecified atom stereocenters. The van der Waals surface area contributed by atoms with Gasteiger partial charge < -0.3 is 0 Å². The Morgan fingerprint density at radius 1 is 0.591 bits per heavy atom. The van der Waals surface area contributed by atoms with Crippen LogP contribution in [0.25, 0.3) is 0 Å². The zero-order valence-corrected chi connectivity index (χ0v) is 16.7. The second kappa shape index (κ2) is 6.87. The Labute approximate surface area is 144 Å². The second-order valence-corrected chi connectivity index (χ2v) is 14.6. The molecule has 2 aromatic rings. The van der Waals surface area contributed by atoms with E-state index >= 15 is 0 Å². The molecule has 0 aliphatic rings. The molecule has 0 saturated heterocycles. The fourth-order valence-electron chi connectivity index (χ4n) is 2.01. The van der Waals surface area contributed by atoms with E-state index in [9.17, 15) is 0 Å². The van der Waals surface area contributed by atoms with Crippen LogP contribution in [0.3, 0.4) is 0 Å². The Balaban J connectivity index is 2.10. The summed E-state index contributed by atoms with van der Waals surface area (Å²) < 4.78 is 11.9. The van der Waals surface area contributed by atoms with E-state index in [1.807, 2.05) is 48.5 Å². The molecule has 0 fully saturated rings. The van der Waals surface area contributed by atoms with Gasteiger partial charge in [-0.3, -0.25) is 9.15 Å². The Kier molecular flexibility index (Phi) is 5.53. The quantitative estimate of drug-likeness (QED) is 0.439. The average Bonchev–Trinajstić information content (AvgIpc) is 2.46. The number of hydrogen-bond donors (Lipinski definition) is 0. The largest absolute Gasteiger partial charge is 0.292 e. The van der Waals surface area contributed by atoms with E-state index in [4.69, 9.17) is 32.4 Å². The average molecular weight is 371 g/mol. The smallest absolute Gasteiger partial charge is 0.262 e. The van der Waals surface area contributed by atoms with Crippen molar-refractivity contribution >= 4 is 50.2 Å². The predicted molar refractivity (Wildman–Crippen MR) is 99.3 cm³/mol. The van der Waals surface area contributed by atoms with Gasteiger partial charge in [0.25, 0.3) is 16.6 Å². The zero-order valence-electron chi connectivity index (χ0n) is 13.2. The van der Waals surface area contributed by atoms with Crippen LogP contribution in [-0.4, -0.2) is 16.6 Å². The van der Waals surface area contributed by atoms with E-state index in [1.165, 1.54) is 0 Å². The first kappa shape index (κ1) is 17.7. The van der Waals surface area contributed by atoms with E-state index in [2.05, 4.69) is 26.2 Å². The molecule has 22 heavy (non-hydrogen) atoms. The lowest BCUT2D eigenvalue weighted by Gasteiger charge is -2.29. The summed E-state index contributed by atoms with van der Waals surface area (Å²) >= 11 is 11.9. The molecule has 0 radical (unpaired) electrons. The molecule has 2 aromatic carbocycles. The molecule has 0 amide bonds. The van der Waals surface area contributed by atoms with Gasteiger partial charge in [-0.1, -0.05) is 47.5 Å². The fraction of sp³-hybridized carbons (Fsp3) is 0.250. The summed E-state index contributed by atoms with van der Waals surface area (Å²) in [6, 6.07) is 15.6. The van der Waals surface area contributed by atoms with Gasteiger partial charge in [0.1, 0.15) is 0 Å². The third-order valence-corrected chi connectivity index (χ3v) is 8.66. The summed E-state index contributed by atoms with van der Waals surface area (Å²) in [4.78, 5) is 0. The number of halogens is 2. The fourth-order valence-corrected chi connectivity index (χ4v) is 6.06. The van der Waals surface area contributed by atoms with Gasteiger partial charge in [-0.2, -0.15) is 0 Å². The van der Waals surface area contributed by atoms with E-state index < -0.39 is 16.6 Å². The Hall–Kier alpha value is -0.626. The molecule has 0 spiro atoms. The van der Waals surface area contributed by atoms with Gasteiger partial charge >= 0.3 is 0 Å². The number of benzene rings is 2. The van der Waals surface area contributed by atoms with Crippen molar-refractivity contribution in [2.75, 3.05) is 0 Å². The molecular weight excluding hydrogens is 351 g/mol. The van der Waals surface area contributed by atoms with Gasteiger partial charge in [-0.25, -0.2) is 0 Å². The van der Waals surface area contributed by atoms with E-state index in [0.29, 0.717) is 0 Å². The van der Waals surface area contributed by atoms with Gasteiger partial charge in [0.15, 0.2) is 0 Å². The standard InChI is InChI=1S/C16H20Cl2O2Si2/c1-21(2,15-9-5-13(17)6-10-15)19-20-22(3,4)16-11-7-14(18)8-12-16/h5-12H,1-4H3. The Bertz CT molecular complexity index is 568. The van der Waals surface area contributed by atoms with Crippen LogP contribution in [-0.2, 0) is 9.15 Å². The lowest BCUT2D eigenvalue weighted by Crippen LogP contribution is -2.51. The molecular formula is C16H20Cl2O2Si2. The van der Waals surface area contributed by atoms with Crippen molar-refractivity contribution in [2.24, 2.45) is 0 Å². The van der Waals surface area contributed by atoms with Gasteiger partial charge in [0, 0.05) is 10.0 Å². The Morgan fingerprint density at radius 3 is 1.14 bits per heavy atom. The Morgan fingerprint density at radius 2 is 0.864 bits per heavy atom. The maximum Gasteiger partial charge on any atom is 0.262 e. The highest BCUT2D eigenvalue weighted by atomic mass is 35.5. The molecule has 0 aromatic heterocycles. The van der Waals surface area contributed by atoms with Crippen LogP contribution >= 0.6 is 23.2 Å². The molecule has 118 valence electrons. The van der Waals surface area contributed by atoms with Gasteiger partial charge in [0.2, 0.25) is 0 Å². The van der Waals surface area contributed by atoms with Crippen LogP contribution in [0.4, 0.5) is 0 Å². The first-order valence-corrected chi connectivity index (χ1v) is 13.7. The molecule has 6 heteroatoms. The minimum absolute atomic E-state index is 0.727. The number of hydrogen-bond acceptors (Lipinski definition) is 2. The SMILES string of the molecule is C[Si](C)(OO[Si](C)(C)c1ccc(Cl)cc1)c1ccc(Cl)cc1. The molecule has 0 aliphatic heterocycles. The van der Waals surface area contributed by atoms with E-state index in [1.54, 1.807) is 0 Å². The summed E-state index contributed by atoms with van der Waals surface area (Å²) in [7, 11) is -4.26. The molecule has 2 rings (SSSR count). The van der Waals surface area contributed by atoms with Crippen molar-refractivity contribution in [3.8, 4) is 0 Å². The molecule has 0 heterocycles. The topological polar surface area (TPSA) is 18.5 Å². The summed E-state index contributed by atoms with van der Waals surface area (Å²) in [6.45, 7) is 8.45. The molecule has 0 saturated carbocycles. The molecule has 2 nitrogen and oxygen atoms in total. The molecule has 0 bridgehead atoms. The van der Waals surface area contributed by atoms with Crippen LogP contribution < -0.4 is 10.4 Å². The molecule has 0 aliphatic carbocycles. The third-order valence-electron chi connectivity index (χ3n) is 3.54. The van der Waals surface area contributed by atoms with Crippen LogP contribution in [0.15, 0.2) is 48.5 Å². The maximum absolute atomic E-state index is 5.94. The van der Waals surface area contributed by atoms with Crippen molar-refractivity contribution in [2.45, 2.75) is 26.2 Å². The minimum Gasteiger partial charge on any atom is -0.292 e. The van der Waals surface area contributed by atoms with Crippen LogP contribution in [0.1, 0.15) is 0 Å². The highest BCUT2D eigenvalue weighted by Gasteiger charge is 2.33. The van der Waals surface area contributed by atoms with Gasteiger partial charge in [0.05, 0.1) is 0 Å². The molecule has 0 N–H and O–H groups in total. The molecule has 0 atom stereocenters. The summed E-state index contributed by atoms with van der Waals surface area (Å²) in [6.07, 6.45) is 0. The van der Waals surface area contributed by atoms with Crippen LogP contribution in [0.2, 0.25) is 36.2 Å². The van der Waals surface area contributed by atoms with Crippen LogP contribution in [0.5, 0.6) is 0 Å². The number of rotatable bonds is 5. The predicted octanol–water partition coefficient (Wildman–Crippen LogP) is 4.47. The third kappa shape index (κ3) is 4.44. The van der Waals surface area contributed by atoms with E-state index in [0.717, 1.165) is 20.4 Å².